The molecule has 0 aliphatic heterocycles. The van der Waals surface area contributed by atoms with Gasteiger partial charge in [0.15, 0.2) is 0 Å². The van der Waals surface area contributed by atoms with Crippen LogP contribution in [0, 0.1) is 39.0 Å². The van der Waals surface area contributed by atoms with Gasteiger partial charge in [-0.1, -0.05) is 17.7 Å². The number of nitrogens with zero attached hydrogens (tertiary/aromatic N) is 1. The van der Waals surface area contributed by atoms with E-state index in [2.05, 4.69) is 5.32 Å². The molecule has 0 atom stereocenters. The number of anilines is 1. The number of carbonyl (C=O) groups excluding carboxylic acids is 1. The summed E-state index contributed by atoms with van der Waals surface area (Å²) in [6.45, 7) is 7.68. The highest BCUT2D eigenvalue weighted by molar-refractivity contribution is 6.10. The highest BCUT2D eigenvalue weighted by Crippen LogP contribution is 2.22. The number of amides is 1. The molecule has 4 heteroatoms. The van der Waals surface area contributed by atoms with E-state index in [1.165, 1.54) is 6.08 Å². The molecular formula is C18H18N2O2. The molecule has 0 fully saturated rings. The van der Waals surface area contributed by atoms with Crippen molar-refractivity contribution in [3.05, 3.63) is 58.0 Å². The van der Waals surface area contributed by atoms with Gasteiger partial charge in [-0.05, 0) is 51.0 Å². The summed E-state index contributed by atoms with van der Waals surface area (Å²) in [6, 6.07) is 9.42. The first-order valence-corrected chi connectivity index (χ1v) is 6.98. The van der Waals surface area contributed by atoms with Gasteiger partial charge in [0.25, 0.3) is 5.91 Å². The Bertz CT molecular complexity index is 769. The molecule has 22 heavy (non-hydrogen) atoms. The number of benzene rings is 1. The molecule has 0 radical (unpaired) electrons. The second-order valence-corrected chi connectivity index (χ2v) is 5.35. The largest absolute Gasteiger partial charge is 0.462 e. The van der Waals surface area contributed by atoms with Crippen molar-refractivity contribution in [3.63, 3.8) is 0 Å². The van der Waals surface area contributed by atoms with E-state index in [4.69, 9.17) is 4.42 Å². The van der Waals surface area contributed by atoms with E-state index in [9.17, 15) is 10.1 Å². The molecule has 0 bridgehead atoms. The van der Waals surface area contributed by atoms with Crippen molar-refractivity contribution in [2.24, 2.45) is 0 Å². The number of hydrogen-bond donors (Lipinski definition) is 1. The molecular weight excluding hydrogens is 276 g/mol. The van der Waals surface area contributed by atoms with Crippen LogP contribution in [0.25, 0.3) is 6.08 Å². The molecule has 0 saturated heterocycles. The maximum atomic E-state index is 12.3. The van der Waals surface area contributed by atoms with Crippen molar-refractivity contribution in [1.29, 1.82) is 5.26 Å². The van der Waals surface area contributed by atoms with Crippen LogP contribution in [-0.2, 0) is 4.79 Å². The van der Waals surface area contributed by atoms with Gasteiger partial charge in [-0.2, -0.15) is 5.26 Å². The molecule has 0 unspecified atom stereocenters. The van der Waals surface area contributed by atoms with Crippen molar-refractivity contribution in [3.8, 4) is 6.07 Å². The van der Waals surface area contributed by atoms with Crippen LogP contribution in [0.15, 0.2) is 34.3 Å². The van der Waals surface area contributed by atoms with Gasteiger partial charge in [-0.15, -0.1) is 0 Å². The fraction of sp³-hybridized carbons (Fsp3) is 0.222. The number of aryl methyl sites for hydroxylation is 4. The van der Waals surface area contributed by atoms with E-state index < -0.39 is 5.91 Å². The Morgan fingerprint density at radius 3 is 2.32 bits per heavy atom. The highest BCUT2D eigenvalue weighted by Gasteiger charge is 2.13. The molecule has 2 aromatic rings. The summed E-state index contributed by atoms with van der Waals surface area (Å²) in [5, 5.41) is 12.0. The summed E-state index contributed by atoms with van der Waals surface area (Å²) in [6.07, 6.45) is 1.45. The Morgan fingerprint density at radius 2 is 1.82 bits per heavy atom. The van der Waals surface area contributed by atoms with Gasteiger partial charge < -0.3 is 9.73 Å². The number of nitrogens with one attached hydrogen (secondary N) is 1. The van der Waals surface area contributed by atoms with Crippen molar-refractivity contribution in [1.82, 2.24) is 0 Å². The minimum Gasteiger partial charge on any atom is -0.462 e. The maximum absolute atomic E-state index is 12.3. The summed E-state index contributed by atoms with van der Waals surface area (Å²) < 4.78 is 5.37. The maximum Gasteiger partial charge on any atom is 0.266 e. The zero-order valence-electron chi connectivity index (χ0n) is 13.2. The Hall–Kier alpha value is -2.80. The lowest BCUT2D eigenvalue weighted by Crippen LogP contribution is -2.15. The second kappa shape index (κ2) is 6.31. The predicted molar refractivity (Wildman–Crippen MR) is 86.3 cm³/mol. The van der Waals surface area contributed by atoms with Gasteiger partial charge in [0, 0.05) is 11.8 Å². The zero-order chi connectivity index (χ0) is 16.3. The summed E-state index contributed by atoms with van der Waals surface area (Å²) in [5.41, 5.74) is 3.82. The lowest BCUT2D eigenvalue weighted by Gasteiger charge is -2.12. The van der Waals surface area contributed by atoms with Crippen molar-refractivity contribution in [2.45, 2.75) is 27.7 Å². The lowest BCUT2D eigenvalue weighted by molar-refractivity contribution is -0.112. The molecule has 0 aliphatic rings. The molecule has 1 N–H and O–H groups in total. The normalized spacial score (nSPS) is 11.1. The van der Waals surface area contributed by atoms with E-state index in [1.54, 1.807) is 12.1 Å². The molecule has 1 heterocycles. The fourth-order valence-electron chi connectivity index (χ4n) is 2.38. The molecule has 1 aromatic carbocycles. The minimum atomic E-state index is -0.438. The van der Waals surface area contributed by atoms with Crippen LogP contribution < -0.4 is 5.32 Å². The van der Waals surface area contributed by atoms with Crippen LogP contribution in [0.5, 0.6) is 0 Å². The van der Waals surface area contributed by atoms with Gasteiger partial charge in [0.1, 0.15) is 23.2 Å². The minimum absolute atomic E-state index is 0.00808. The quantitative estimate of drug-likeness (QED) is 0.685. The molecule has 112 valence electrons. The number of carbonyl (C=O) groups is 1. The monoisotopic (exact) mass is 294 g/mol. The first-order chi connectivity index (χ1) is 10.4. The number of hydrogen-bond acceptors (Lipinski definition) is 3. The summed E-state index contributed by atoms with van der Waals surface area (Å²) in [7, 11) is 0. The van der Waals surface area contributed by atoms with Gasteiger partial charge in [0.05, 0.1) is 0 Å². The standard InChI is InChI=1S/C18H18N2O2/c1-11-7-12(2)17(13(3)8-11)20-18(21)15(10-19)9-16-6-5-14(4)22-16/h5-9H,1-4H3,(H,20,21)/b15-9-. The van der Waals surface area contributed by atoms with Crippen LogP contribution in [0.3, 0.4) is 0 Å². The smallest absolute Gasteiger partial charge is 0.266 e. The Labute approximate surface area is 130 Å². The Morgan fingerprint density at radius 1 is 1.18 bits per heavy atom. The number of nitriles is 1. The summed E-state index contributed by atoms with van der Waals surface area (Å²) in [4.78, 5) is 12.3. The first kappa shape index (κ1) is 15.6. The molecule has 4 nitrogen and oxygen atoms in total. The highest BCUT2D eigenvalue weighted by atomic mass is 16.3. The van der Waals surface area contributed by atoms with Crippen molar-refractivity contribution >= 4 is 17.7 Å². The van der Waals surface area contributed by atoms with E-state index in [0.29, 0.717) is 5.76 Å². The predicted octanol–water partition coefficient (Wildman–Crippen LogP) is 4.06. The molecule has 1 aromatic heterocycles. The summed E-state index contributed by atoms with van der Waals surface area (Å²) >= 11 is 0. The van der Waals surface area contributed by atoms with Crippen molar-refractivity contribution in [2.75, 3.05) is 5.32 Å². The van der Waals surface area contributed by atoms with Gasteiger partial charge in [-0.3, -0.25) is 4.79 Å². The van der Waals surface area contributed by atoms with Crippen LogP contribution in [0.1, 0.15) is 28.2 Å². The van der Waals surface area contributed by atoms with Crippen LogP contribution in [0.4, 0.5) is 5.69 Å². The van der Waals surface area contributed by atoms with E-state index >= 15 is 0 Å². The zero-order valence-corrected chi connectivity index (χ0v) is 13.2. The average Bonchev–Trinajstić information content (AvgIpc) is 2.85. The second-order valence-electron chi connectivity index (χ2n) is 5.35. The third kappa shape index (κ3) is 3.44. The summed E-state index contributed by atoms with van der Waals surface area (Å²) in [5.74, 6) is 0.780. The Kier molecular flexibility index (Phi) is 4.47. The molecule has 2 rings (SSSR count). The molecule has 0 saturated carbocycles. The number of furan rings is 1. The number of rotatable bonds is 3. The topological polar surface area (TPSA) is 66.0 Å². The van der Waals surface area contributed by atoms with Crippen LogP contribution in [0.2, 0.25) is 0 Å². The molecule has 0 spiro atoms. The molecule has 1 amide bonds. The lowest BCUT2D eigenvalue weighted by atomic mass is 10.0. The van der Waals surface area contributed by atoms with Crippen molar-refractivity contribution < 1.29 is 9.21 Å². The third-order valence-corrected chi connectivity index (χ3v) is 3.33. The van der Waals surface area contributed by atoms with E-state index in [-0.39, 0.29) is 5.57 Å². The SMILES string of the molecule is Cc1cc(C)c(NC(=O)/C(C#N)=C\c2ccc(C)o2)c(C)c1. The van der Waals surface area contributed by atoms with Gasteiger partial charge in [-0.25, -0.2) is 0 Å². The van der Waals surface area contributed by atoms with E-state index in [0.717, 1.165) is 28.1 Å². The third-order valence-electron chi connectivity index (χ3n) is 3.33. The van der Waals surface area contributed by atoms with Gasteiger partial charge >= 0.3 is 0 Å². The average molecular weight is 294 g/mol. The van der Waals surface area contributed by atoms with Crippen LogP contribution >= 0.6 is 0 Å². The van der Waals surface area contributed by atoms with Crippen LogP contribution in [-0.4, -0.2) is 5.91 Å². The van der Waals surface area contributed by atoms with Gasteiger partial charge in [0.2, 0.25) is 0 Å². The fourth-order valence-corrected chi connectivity index (χ4v) is 2.38. The van der Waals surface area contributed by atoms with E-state index in [1.807, 2.05) is 45.9 Å². The Balaban J connectivity index is 2.28. The molecule has 0 aliphatic carbocycles. The first-order valence-electron chi connectivity index (χ1n) is 6.98.